The van der Waals surface area contributed by atoms with Crippen LogP contribution in [-0.4, -0.2) is 26.6 Å². The number of rotatable bonds is 4. The van der Waals surface area contributed by atoms with Crippen LogP contribution in [0, 0.1) is 5.82 Å². The largest absolute Gasteiger partial charge is 0.494 e. The molecule has 3 N–H and O–H groups in total. The van der Waals surface area contributed by atoms with E-state index in [0.29, 0.717) is 21.5 Å². The Morgan fingerprint density at radius 3 is 2.53 bits per heavy atom. The van der Waals surface area contributed by atoms with Crippen LogP contribution in [0.15, 0.2) is 67.0 Å². The second-order valence-corrected chi connectivity index (χ2v) is 7.96. The maximum absolute atomic E-state index is 13.6. The van der Waals surface area contributed by atoms with E-state index in [1.165, 1.54) is 22.8 Å². The number of aromatic hydroxyl groups is 1. The Kier molecular flexibility index (Phi) is 4.60. The summed E-state index contributed by atoms with van der Waals surface area (Å²) in [5, 5.41) is 16.9. The minimum absolute atomic E-state index is 0.0901. The van der Waals surface area contributed by atoms with Crippen LogP contribution in [0.4, 0.5) is 9.18 Å². The fourth-order valence-corrected chi connectivity index (χ4v) is 4.20. The van der Waals surface area contributed by atoms with Gasteiger partial charge in [0.2, 0.25) is 0 Å². The predicted octanol–water partition coefficient (Wildman–Crippen LogP) is 3.94. The van der Waals surface area contributed by atoms with Crippen LogP contribution in [-0.2, 0) is 16.9 Å². The number of halogens is 2. The molecular weight excluding hydrogens is 435 g/mol. The van der Waals surface area contributed by atoms with Crippen LogP contribution in [0.1, 0.15) is 5.56 Å². The van der Waals surface area contributed by atoms with Crippen LogP contribution in [0.25, 0.3) is 21.9 Å². The quantitative estimate of drug-likeness (QED) is 0.324. The van der Waals surface area contributed by atoms with Crippen molar-refractivity contribution < 1.29 is 19.1 Å². The Labute approximate surface area is 186 Å². The molecule has 2 aromatic heterocycles. The zero-order valence-corrected chi connectivity index (χ0v) is 17.2. The minimum Gasteiger partial charge on any atom is -0.494 e. The van der Waals surface area contributed by atoms with Gasteiger partial charge in [-0.05, 0) is 47.0 Å². The lowest BCUT2D eigenvalue weighted by Gasteiger charge is -2.27. The number of fused-ring (bicyclic) bond motifs is 1. The highest BCUT2D eigenvalue weighted by molar-refractivity contribution is 6.29. The van der Waals surface area contributed by atoms with Gasteiger partial charge in [-0.2, -0.15) is 0 Å². The number of hydrogen-bond donors (Lipinski definition) is 3. The lowest BCUT2D eigenvalue weighted by molar-refractivity contribution is -0.124. The second-order valence-electron chi connectivity index (χ2n) is 7.57. The molecule has 0 saturated carbocycles. The normalized spacial score (nSPS) is 18.1. The van der Waals surface area contributed by atoms with E-state index in [-0.39, 0.29) is 12.4 Å². The molecule has 2 aromatic carbocycles. The highest BCUT2D eigenvalue weighted by atomic mass is 35.5. The first-order valence-electron chi connectivity index (χ1n) is 9.69. The summed E-state index contributed by atoms with van der Waals surface area (Å²) in [4.78, 5) is 29.0. The van der Waals surface area contributed by atoms with Crippen molar-refractivity contribution in [3.63, 3.8) is 0 Å². The van der Waals surface area contributed by atoms with Crippen LogP contribution in [0.5, 0.6) is 5.88 Å². The zero-order valence-electron chi connectivity index (χ0n) is 16.5. The molecule has 4 aromatic rings. The molecule has 5 rings (SSSR count). The number of nitrogens with one attached hydrogen (secondary N) is 2. The predicted molar refractivity (Wildman–Crippen MR) is 117 cm³/mol. The van der Waals surface area contributed by atoms with Crippen molar-refractivity contribution >= 4 is 34.3 Å². The highest BCUT2D eigenvalue weighted by Gasteiger charge is 2.48. The fourth-order valence-electron chi connectivity index (χ4n) is 4.02. The average Bonchev–Trinajstić information content (AvgIpc) is 3.24. The van der Waals surface area contributed by atoms with E-state index >= 15 is 0 Å². The van der Waals surface area contributed by atoms with Gasteiger partial charge in [0, 0.05) is 23.2 Å². The SMILES string of the molecule is O=C1NC(=O)[C@@](Cn2cc3ccc(F)cc3c2O)(c2ccc(-c3ccnc(Cl)c3)cc2)N1. The van der Waals surface area contributed by atoms with Gasteiger partial charge in [-0.25, -0.2) is 14.2 Å². The van der Waals surface area contributed by atoms with Gasteiger partial charge in [-0.15, -0.1) is 0 Å². The fraction of sp³-hybridized carbons (Fsp3) is 0.0870. The molecule has 0 unspecified atom stereocenters. The van der Waals surface area contributed by atoms with E-state index in [1.807, 2.05) is 18.2 Å². The van der Waals surface area contributed by atoms with Crippen molar-refractivity contribution in [1.29, 1.82) is 0 Å². The van der Waals surface area contributed by atoms with Crippen molar-refractivity contribution in [2.75, 3.05) is 0 Å². The number of imide groups is 1. The van der Waals surface area contributed by atoms with E-state index < -0.39 is 23.3 Å². The molecule has 160 valence electrons. The number of carbonyl (C=O) groups is 2. The van der Waals surface area contributed by atoms with Crippen molar-refractivity contribution in [2.45, 2.75) is 12.1 Å². The monoisotopic (exact) mass is 450 g/mol. The van der Waals surface area contributed by atoms with Crippen LogP contribution in [0.2, 0.25) is 5.15 Å². The van der Waals surface area contributed by atoms with Crippen molar-refractivity contribution in [2.24, 2.45) is 0 Å². The number of nitrogens with zero attached hydrogens (tertiary/aromatic N) is 2. The maximum atomic E-state index is 13.6. The average molecular weight is 451 g/mol. The van der Waals surface area contributed by atoms with Gasteiger partial charge in [0.05, 0.1) is 6.54 Å². The van der Waals surface area contributed by atoms with Crippen LogP contribution >= 0.6 is 11.6 Å². The van der Waals surface area contributed by atoms with E-state index in [4.69, 9.17) is 11.6 Å². The standard InChI is InChI=1S/C23H16ClFN4O3/c24-19-9-14(7-8-26-19)13-1-4-16(5-2-13)23(21(31)27-22(32)28-23)12-29-11-15-3-6-17(25)10-18(15)20(29)30/h1-11,30H,12H2,(H2,27,28,31,32)/t23-/m1/s1. The molecule has 0 bridgehead atoms. The summed E-state index contributed by atoms with van der Waals surface area (Å²) in [5.74, 6) is -1.24. The van der Waals surface area contributed by atoms with Gasteiger partial charge < -0.3 is 15.0 Å². The zero-order chi connectivity index (χ0) is 22.5. The molecule has 1 atom stereocenters. The number of hydrogen-bond acceptors (Lipinski definition) is 4. The molecular formula is C23H16ClFN4O3. The van der Waals surface area contributed by atoms with Gasteiger partial charge in [-0.3, -0.25) is 10.1 Å². The number of aromatic nitrogens is 2. The summed E-state index contributed by atoms with van der Waals surface area (Å²) < 4.78 is 15.1. The third-order valence-corrected chi connectivity index (χ3v) is 5.82. The van der Waals surface area contributed by atoms with Crippen LogP contribution < -0.4 is 10.6 Å². The van der Waals surface area contributed by atoms with Crippen molar-refractivity contribution in [1.82, 2.24) is 20.2 Å². The lowest BCUT2D eigenvalue weighted by atomic mass is 9.88. The van der Waals surface area contributed by atoms with E-state index in [2.05, 4.69) is 15.6 Å². The Morgan fingerprint density at radius 1 is 1.06 bits per heavy atom. The molecule has 3 heterocycles. The van der Waals surface area contributed by atoms with E-state index in [1.54, 1.807) is 30.6 Å². The van der Waals surface area contributed by atoms with Gasteiger partial charge >= 0.3 is 6.03 Å². The summed E-state index contributed by atoms with van der Waals surface area (Å²) in [6.07, 6.45) is 3.21. The molecule has 1 aliphatic rings. The molecule has 0 aliphatic carbocycles. The summed E-state index contributed by atoms with van der Waals surface area (Å²) in [6, 6.07) is 14.0. The number of amides is 3. The Balaban J connectivity index is 1.57. The molecule has 0 radical (unpaired) electrons. The first kappa shape index (κ1) is 20.0. The molecule has 32 heavy (non-hydrogen) atoms. The molecule has 1 saturated heterocycles. The summed E-state index contributed by atoms with van der Waals surface area (Å²) in [5.41, 5.74) is 0.759. The molecule has 1 aliphatic heterocycles. The summed E-state index contributed by atoms with van der Waals surface area (Å²) in [7, 11) is 0. The van der Waals surface area contributed by atoms with E-state index in [0.717, 1.165) is 11.1 Å². The first-order valence-corrected chi connectivity index (χ1v) is 10.1. The summed E-state index contributed by atoms with van der Waals surface area (Å²) >= 11 is 5.97. The maximum Gasteiger partial charge on any atom is 0.322 e. The highest BCUT2D eigenvalue weighted by Crippen LogP contribution is 2.34. The Bertz CT molecular complexity index is 1390. The van der Waals surface area contributed by atoms with Crippen LogP contribution in [0.3, 0.4) is 0 Å². The molecule has 7 nitrogen and oxygen atoms in total. The topological polar surface area (TPSA) is 96.2 Å². The molecule has 0 spiro atoms. The van der Waals surface area contributed by atoms with Gasteiger partial charge in [-0.1, -0.05) is 35.9 Å². The van der Waals surface area contributed by atoms with Gasteiger partial charge in [0.15, 0.2) is 11.4 Å². The molecule has 9 heteroatoms. The van der Waals surface area contributed by atoms with Crippen molar-refractivity contribution in [3.8, 4) is 17.0 Å². The number of carbonyl (C=O) groups excluding carboxylic acids is 2. The Hall–Kier alpha value is -3.91. The third-order valence-electron chi connectivity index (χ3n) is 5.61. The minimum atomic E-state index is -1.46. The number of pyridine rings is 1. The van der Waals surface area contributed by atoms with E-state index in [9.17, 15) is 19.1 Å². The first-order chi connectivity index (χ1) is 15.4. The third kappa shape index (κ3) is 3.25. The smallest absolute Gasteiger partial charge is 0.322 e. The molecule has 1 fully saturated rings. The second kappa shape index (κ2) is 7.35. The van der Waals surface area contributed by atoms with Crippen molar-refractivity contribution in [3.05, 3.63) is 83.5 Å². The summed E-state index contributed by atoms with van der Waals surface area (Å²) in [6.45, 7) is -0.0901. The molecule has 3 amide bonds. The number of urea groups is 1. The van der Waals surface area contributed by atoms with Gasteiger partial charge in [0.25, 0.3) is 5.91 Å². The Morgan fingerprint density at radius 2 is 1.84 bits per heavy atom. The lowest BCUT2D eigenvalue weighted by Crippen LogP contribution is -2.47. The number of benzene rings is 2. The van der Waals surface area contributed by atoms with Gasteiger partial charge in [0.1, 0.15) is 11.0 Å².